The van der Waals surface area contributed by atoms with E-state index in [2.05, 4.69) is 0 Å². The lowest BCUT2D eigenvalue weighted by Crippen LogP contribution is -2.50. The number of halogens is 2. The van der Waals surface area contributed by atoms with Crippen molar-refractivity contribution in [3.8, 4) is 17.2 Å². The van der Waals surface area contributed by atoms with Crippen LogP contribution in [0.5, 0.6) is 17.2 Å². The SMILES string of the molecule is COc1ccc(OC)c(S(=O)(=O)N2CCN(C(=O)CCCOc3ccc(F)cc3F)CC2)c1. The molecule has 3 rings (SSSR count). The Morgan fingerprint density at radius 2 is 1.67 bits per heavy atom. The van der Waals surface area contributed by atoms with E-state index in [4.69, 9.17) is 14.2 Å². The van der Waals surface area contributed by atoms with Gasteiger partial charge in [-0.05, 0) is 30.7 Å². The van der Waals surface area contributed by atoms with Crippen LogP contribution < -0.4 is 14.2 Å². The van der Waals surface area contributed by atoms with Crippen LogP contribution in [0, 0.1) is 11.6 Å². The molecule has 0 atom stereocenters. The third-order valence-corrected chi connectivity index (χ3v) is 7.19. The fourth-order valence-electron chi connectivity index (χ4n) is 3.46. The summed E-state index contributed by atoms with van der Waals surface area (Å²) in [5.41, 5.74) is 0. The number of benzene rings is 2. The summed E-state index contributed by atoms with van der Waals surface area (Å²) in [7, 11) is -0.994. The molecule has 2 aromatic carbocycles. The maximum atomic E-state index is 13.6. The zero-order valence-electron chi connectivity index (χ0n) is 18.4. The number of methoxy groups -OCH3 is 2. The average molecular weight is 485 g/mol. The van der Waals surface area contributed by atoms with Crippen molar-refractivity contribution in [2.24, 2.45) is 0 Å². The molecule has 1 aliphatic rings. The maximum Gasteiger partial charge on any atom is 0.247 e. The van der Waals surface area contributed by atoms with E-state index < -0.39 is 21.7 Å². The molecule has 0 bridgehead atoms. The summed E-state index contributed by atoms with van der Waals surface area (Å²) in [4.78, 5) is 14.1. The second-order valence-corrected chi connectivity index (χ2v) is 9.23. The van der Waals surface area contributed by atoms with Gasteiger partial charge in [0.2, 0.25) is 15.9 Å². The van der Waals surface area contributed by atoms with Gasteiger partial charge in [-0.2, -0.15) is 4.31 Å². The summed E-state index contributed by atoms with van der Waals surface area (Å²) < 4.78 is 69.6. The molecule has 1 fully saturated rings. The van der Waals surface area contributed by atoms with Gasteiger partial charge >= 0.3 is 0 Å². The molecule has 33 heavy (non-hydrogen) atoms. The first-order valence-corrected chi connectivity index (χ1v) is 11.8. The van der Waals surface area contributed by atoms with Gasteiger partial charge in [-0.1, -0.05) is 0 Å². The van der Waals surface area contributed by atoms with E-state index in [9.17, 15) is 22.0 Å². The predicted molar refractivity (Wildman–Crippen MR) is 116 cm³/mol. The van der Waals surface area contributed by atoms with Gasteiger partial charge in [0.25, 0.3) is 0 Å². The van der Waals surface area contributed by atoms with Gasteiger partial charge in [0, 0.05) is 44.7 Å². The average Bonchev–Trinajstić information content (AvgIpc) is 2.82. The Morgan fingerprint density at radius 3 is 2.30 bits per heavy atom. The Kier molecular flexibility index (Phi) is 8.09. The number of hydrogen-bond donors (Lipinski definition) is 0. The molecular weight excluding hydrogens is 458 g/mol. The Balaban J connectivity index is 1.51. The zero-order valence-corrected chi connectivity index (χ0v) is 19.2. The first kappa shape index (κ1) is 24.7. The molecule has 1 saturated heterocycles. The van der Waals surface area contributed by atoms with Gasteiger partial charge in [-0.15, -0.1) is 0 Å². The molecule has 2 aromatic rings. The molecule has 11 heteroatoms. The first-order valence-electron chi connectivity index (χ1n) is 10.3. The Hall–Kier alpha value is -2.92. The van der Waals surface area contributed by atoms with Crippen molar-refractivity contribution in [2.75, 3.05) is 47.0 Å². The minimum absolute atomic E-state index is 0.00861. The monoisotopic (exact) mass is 484 g/mol. The molecule has 8 nitrogen and oxygen atoms in total. The summed E-state index contributed by atoms with van der Waals surface area (Å²) in [5.74, 6) is -1.10. The summed E-state index contributed by atoms with van der Waals surface area (Å²) in [6.07, 6.45) is 0.508. The van der Waals surface area contributed by atoms with Gasteiger partial charge in [-0.3, -0.25) is 4.79 Å². The fraction of sp³-hybridized carbons (Fsp3) is 0.409. The number of carbonyl (C=O) groups is 1. The minimum Gasteiger partial charge on any atom is -0.497 e. The number of amides is 1. The van der Waals surface area contributed by atoms with Crippen LogP contribution in [0.15, 0.2) is 41.3 Å². The highest BCUT2D eigenvalue weighted by Crippen LogP contribution is 2.31. The zero-order chi connectivity index (χ0) is 24.0. The number of ether oxygens (including phenoxy) is 3. The molecule has 0 unspecified atom stereocenters. The molecule has 1 amide bonds. The molecule has 0 N–H and O–H groups in total. The largest absolute Gasteiger partial charge is 0.497 e. The molecule has 1 heterocycles. The fourth-order valence-corrected chi connectivity index (χ4v) is 5.05. The lowest BCUT2D eigenvalue weighted by atomic mass is 10.2. The number of carbonyl (C=O) groups excluding carboxylic acids is 1. The van der Waals surface area contributed by atoms with Crippen molar-refractivity contribution in [1.29, 1.82) is 0 Å². The van der Waals surface area contributed by atoms with Crippen LogP contribution in [0.2, 0.25) is 0 Å². The summed E-state index contributed by atoms with van der Waals surface area (Å²) in [6, 6.07) is 7.58. The van der Waals surface area contributed by atoms with Crippen molar-refractivity contribution in [3.05, 3.63) is 48.0 Å². The maximum absolute atomic E-state index is 13.6. The van der Waals surface area contributed by atoms with Gasteiger partial charge in [-0.25, -0.2) is 17.2 Å². The van der Waals surface area contributed by atoms with E-state index in [0.717, 1.165) is 12.1 Å². The van der Waals surface area contributed by atoms with Crippen molar-refractivity contribution >= 4 is 15.9 Å². The topological polar surface area (TPSA) is 85.4 Å². The molecule has 0 aromatic heterocycles. The van der Waals surface area contributed by atoms with Crippen molar-refractivity contribution in [3.63, 3.8) is 0 Å². The van der Waals surface area contributed by atoms with Crippen molar-refractivity contribution in [1.82, 2.24) is 9.21 Å². The smallest absolute Gasteiger partial charge is 0.247 e. The van der Waals surface area contributed by atoms with E-state index >= 15 is 0 Å². The number of hydrogen-bond acceptors (Lipinski definition) is 6. The molecule has 1 aliphatic heterocycles. The highest BCUT2D eigenvalue weighted by atomic mass is 32.2. The number of sulfonamides is 1. The summed E-state index contributed by atoms with van der Waals surface area (Å²) >= 11 is 0. The lowest BCUT2D eigenvalue weighted by Gasteiger charge is -2.34. The quantitative estimate of drug-likeness (QED) is 0.509. The summed E-state index contributed by atoms with van der Waals surface area (Å²) in [5, 5.41) is 0. The number of rotatable bonds is 9. The molecule has 0 radical (unpaired) electrons. The van der Waals surface area contributed by atoms with E-state index in [0.29, 0.717) is 12.2 Å². The van der Waals surface area contributed by atoms with Crippen LogP contribution in [0.1, 0.15) is 12.8 Å². The third kappa shape index (κ3) is 5.91. The lowest BCUT2D eigenvalue weighted by molar-refractivity contribution is -0.132. The molecule has 0 saturated carbocycles. The minimum atomic E-state index is -3.84. The highest BCUT2D eigenvalue weighted by Gasteiger charge is 2.32. The van der Waals surface area contributed by atoms with Crippen LogP contribution >= 0.6 is 0 Å². The van der Waals surface area contributed by atoms with Crippen LogP contribution in [0.25, 0.3) is 0 Å². The molecule has 180 valence electrons. The molecule has 0 aliphatic carbocycles. The molecular formula is C22H26F2N2O6S. The van der Waals surface area contributed by atoms with Crippen LogP contribution in [-0.4, -0.2) is 70.5 Å². The second kappa shape index (κ2) is 10.8. The third-order valence-electron chi connectivity index (χ3n) is 5.27. The summed E-state index contributed by atoms with van der Waals surface area (Å²) in [6.45, 7) is 0.880. The number of nitrogens with zero attached hydrogens (tertiary/aromatic N) is 2. The Labute approximate surface area is 191 Å². The first-order chi connectivity index (χ1) is 15.8. The normalized spacial score (nSPS) is 14.7. The van der Waals surface area contributed by atoms with Gasteiger partial charge in [0.15, 0.2) is 11.6 Å². The van der Waals surface area contributed by atoms with E-state index in [-0.39, 0.29) is 61.5 Å². The van der Waals surface area contributed by atoms with Crippen LogP contribution in [0.4, 0.5) is 8.78 Å². The molecule has 0 spiro atoms. The van der Waals surface area contributed by atoms with E-state index in [1.807, 2.05) is 0 Å². The van der Waals surface area contributed by atoms with Gasteiger partial charge in [0.1, 0.15) is 22.2 Å². The van der Waals surface area contributed by atoms with Crippen molar-refractivity contribution < 1.29 is 36.2 Å². The Morgan fingerprint density at radius 1 is 0.970 bits per heavy atom. The predicted octanol–water partition coefficient (Wildman–Crippen LogP) is 2.67. The van der Waals surface area contributed by atoms with E-state index in [1.54, 1.807) is 11.0 Å². The van der Waals surface area contributed by atoms with Crippen LogP contribution in [0.3, 0.4) is 0 Å². The van der Waals surface area contributed by atoms with Gasteiger partial charge < -0.3 is 19.1 Å². The van der Waals surface area contributed by atoms with Gasteiger partial charge in [0.05, 0.1) is 20.8 Å². The number of piperazine rings is 1. The van der Waals surface area contributed by atoms with Crippen LogP contribution in [-0.2, 0) is 14.8 Å². The van der Waals surface area contributed by atoms with E-state index in [1.165, 1.54) is 36.7 Å². The van der Waals surface area contributed by atoms with Crippen molar-refractivity contribution in [2.45, 2.75) is 17.7 Å². The highest BCUT2D eigenvalue weighted by molar-refractivity contribution is 7.89. The Bertz CT molecular complexity index is 1090. The standard InChI is InChI=1S/C22H26F2N2O6S/c1-30-17-6-8-20(31-2)21(15-17)33(28,29)26-11-9-25(10-12-26)22(27)4-3-13-32-19-7-5-16(23)14-18(19)24/h5-8,14-15H,3-4,9-13H2,1-2H3. The second-order valence-electron chi connectivity index (χ2n) is 7.33.